The number of hydrogen-bond acceptors (Lipinski definition) is 4. The van der Waals surface area contributed by atoms with Crippen molar-refractivity contribution < 1.29 is 4.79 Å². The lowest BCUT2D eigenvalue weighted by atomic mass is 10.1. The molecule has 5 nitrogen and oxygen atoms in total. The number of carbonyl (C=O) groups excluding carboxylic acids is 1. The van der Waals surface area contributed by atoms with E-state index in [4.69, 9.17) is 5.73 Å². The van der Waals surface area contributed by atoms with E-state index in [2.05, 4.69) is 4.98 Å². The Balaban J connectivity index is 3.47. The first-order valence-corrected chi connectivity index (χ1v) is 4.21. The van der Waals surface area contributed by atoms with E-state index in [1.807, 2.05) is 20.8 Å². The van der Waals surface area contributed by atoms with Gasteiger partial charge >= 0.3 is 5.69 Å². The highest BCUT2D eigenvalue weighted by Gasteiger charge is 2.16. The van der Waals surface area contributed by atoms with Gasteiger partial charge in [0.2, 0.25) is 0 Å². The molecule has 0 amide bonds. The Morgan fingerprint density at radius 1 is 1.50 bits per heavy atom. The van der Waals surface area contributed by atoms with E-state index < -0.39 is 11.2 Å². The number of hydrogen-bond donors (Lipinski definition) is 1. The van der Waals surface area contributed by atoms with Crippen molar-refractivity contribution in [2.24, 2.45) is 0 Å². The number of nitrogen functional groups attached to an aromatic ring is 1. The SMILES string of the molecule is CC(C)(C)n1cc(C=O)c(N)nc1=O. The van der Waals surface area contributed by atoms with Crippen LogP contribution >= 0.6 is 0 Å². The van der Waals surface area contributed by atoms with E-state index in [1.165, 1.54) is 10.8 Å². The molecule has 0 bridgehead atoms. The lowest BCUT2D eigenvalue weighted by Gasteiger charge is -2.21. The molecule has 2 N–H and O–H groups in total. The molecule has 0 saturated carbocycles. The highest BCUT2D eigenvalue weighted by atomic mass is 16.1. The molecule has 0 aliphatic carbocycles. The fourth-order valence-electron chi connectivity index (χ4n) is 1.05. The highest BCUT2D eigenvalue weighted by Crippen LogP contribution is 2.12. The minimum atomic E-state index is -0.444. The van der Waals surface area contributed by atoms with E-state index in [0.717, 1.165) is 0 Å². The van der Waals surface area contributed by atoms with Crippen molar-refractivity contribution in [3.05, 3.63) is 22.2 Å². The van der Waals surface area contributed by atoms with Crippen LogP contribution in [0.4, 0.5) is 5.82 Å². The van der Waals surface area contributed by atoms with Gasteiger partial charge in [0.25, 0.3) is 0 Å². The molecule has 0 aliphatic heterocycles. The number of aldehydes is 1. The summed E-state index contributed by atoms with van der Waals surface area (Å²) in [5, 5.41) is 0. The Hall–Kier alpha value is -1.65. The van der Waals surface area contributed by atoms with Gasteiger partial charge in [0, 0.05) is 11.7 Å². The van der Waals surface area contributed by atoms with Gasteiger partial charge in [-0.15, -0.1) is 0 Å². The predicted molar refractivity (Wildman–Crippen MR) is 53.3 cm³/mol. The van der Waals surface area contributed by atoms with E-state index in [9.17, 15) is 9.59 Å². The first kappa shape index (κ1) is 10.4. The molecule has 1 aromatic heterocycles. The van der Waals surface area contributed by atoms with Crippen molar-refractivity contribution in [1.82, 2.24) is 9.55 Å². The smallest absolute Gasteiger partial charge is 0.350 e. The number of anilines is 1. The quantitative estimate of drug-likeness (QED) is 0.657. The standard InChI is InChI=1S/C9H13N3O2/c1-9(2,3)12-4-6(5-13)7(10)11-8(12)14/h4-5H,1-3H3,(H2,10,11,14). The number of rotatable bonds is 1. The minimum absolute atomic E-state index is 0.0227. The summed E-state index contributed by atoms with van der Waals surface area (Å²) in [5.74, 6) is -0.0227. The van der Waals surface area contributed by atoms with E-state index in [1.54, 1.807) is 0 Å². The molecule has 0 fully saturated rings. The molecule has 1 rings (SSSR count). The van der Waals surface area contributed by atoms with Gasteiger partial charge in [-0.25, -0.2) is 4.79 Å². The second kappa shape index (κ2) is 3.25. The van der Waals surface area contributed by atoms with Crippen LogP contribution in [-0.4, -0.2) is 15.8 Å². The summed E-state index contributed by atoms with van der Waals surface area (Å²) in [4.78, 5) is 25.6. The fraction of sp³-hybridized carbons (Fsp3) is 0.444. The number of aromatic nitrogens is 2. The summed E-state index contributed by atoms with van der Waals surface area (Å²) in [5.41, 5.74) is 4.77. The second-order valence-electron chi connectivity index (χ2n) is 4.02. The van der Waals surface area contributed by atoms with Gasteiger partial charge in [-0.05, 0) is 20.8 Å². The number of nitrogens with two attached hydrogens (primary N) is 1. The minimum Gasteiger partial charge on any atom is -0.383 e. The van der Waals surface area contributed by atoms with E-state index in [0.29, 0.717) is 6.29 Å². The second-order valence-corrected chi connectivity index (χ2v) is 4.02. The summed E-state index contributed by atoms with van der Waals surface area (Å²) >= 11 is 0. The average Bonchev–Trinajstić information content (AvgIpc) is 2.02. The van der Waals surface area contributed by atoms with Gasteiger partial charge in [0.15, 0.2) is 6.29 Å². The van der Waals surface area contributed by atoms with Gasteiger partial charge in [0.1, 0.15) is 5.82 Å². The van der Waals surface area contributed by atoms with Crippen LogP contribution in [0.25, 0.3) is 0 Å². The van der Waals surface area contributed by atoms with Crippen molar-refractivity contribution in [2.45, 2.75) is 26.3 Å². The number of nitrogens with zero attached hydrogens (tertiary/aromatic N) is 2. The maximum Gasteiger partial charge on any atom is 0.350 e. The first-order valence-electron chi connectivity index (χ1n) is 4.21. The summed E-state index contributed by atoms with van der Waals surface area (Å²) in [6, 6.07) is 0. The molecule has 0 spiro atoms. The molecule has 0 aliphatic rings. The van der Waals surface area contributed by atoms with Crippen LogP contribution < -0.4 is 11.4 Å². The van der Waals surface area contributed by atoms with E-state index >= 15 is 0 Å². The third-order valence-corrected chi connectivity index (χ3v) is 1.84. The Labute approximate surface area is 81.6 Å². The largest absolute Gasteiger partial charge is 0.383 e. The zero-order chi connectivity index (χ0) is 10.9. The summed E-state index contributed by atoms with van der Waals surface area (Å²) in [7, 11) is 0. The molecular formula is C9H13N3O2. The Bertz CT molecular complexity index is 415. The highest BCUT2D eigenvalue weighted by molar-refractivity contribution is 5.80. The Kier molecular flexibility index (Phi) is 2.42. The summed E-state index contributed by atoms with van der Waals surface area (Å²) in [6.45, 7) is 5.54. The topological polar surface area (TPSA) is 78.0 Å². The Morgan fingerprint density at radius 3 is 2.50 bits per heavy atom. The molecule has 1 aromatic rings. The van der Waals surface area contributed by atoms with Crippen molar-refractivity contribution in [2.75, 3.05) is 5.73 Å². The van der Waals surface area contributed by atoms with Crippen LogP contribution in [0, 0.1) is 0 Å². The zero-order valence-electron chi connectivity index (χ0n) is 8.44. The summed E-state index contributed by atoms with van der Waals surface area (Å²) in [6.07, 6.45) is 2.02. The average molecular weight is 195 g/mol. The molecule has 0 radical (unpaired) electrons. The lowest BCUT2D eigenvalue weighted by Crippen LogP contribution is -2.36. The van der Waals surface area contributed by atoms with Crippen molar-refractivity contribution >= 4 is 12.1 Å². The maximum absolute atomic E-state index is 11.4. The molecule has 14 heavy (non-hydrogen) atoms. The molecule has 0 saturated heterocycles. The molecule has 1 heterocycles. The third-order valence-electron chi connectivity index (χ3n) is 1.84. The van der Waals surface area contributed by atoms with Crippen LogP contribution in [0.5, 0.6) is 0 Å². The zero-order valence-corrected chi connectivity index (χ0v) is 8.44. The van der Waals surface area contributed by atoms with E-state index in [-0.39, 0.29) is 11.4 Å². The first-order chi connectivity index (χ1) is 6.36. The van der Waals surface area contributed by atoms with Gasteiger partial charge in [-0.3, -0.25) is 9.36 Å². The van der Waals surface area contributed by atoms with Crippen LogP contribution in [0.1, 0.15) is 31.1 Å². The molecular weight excluding hydrogens is 182 g/mol. The van der Waals surface area contributed by atoms with Gasteiger partial charge in [-0.1, -0.05) is 0 Å². The van der Waals surface area contributed by atoms with Crippen molar-refractivity contribution in [3.8, 4) is 0 Å². The Morgan fingerprint density at radius 2 is 2.07 bits per heavy atom. The van der Waals surface area contributed by atoms with Gasteiger partial charge in [-0.2, -0.15) is 4.98 Å². The molecule has 0 aromatic carbocycles. The third kappa shape index (κ3) is 1.81. The normalized spacial score (nSPS) is 11.4. The molecule has 5 heteroatoms. The van der Waals surface area contributed by atoms with Crippen LogP contribution in [0.3, 0.4) is 0 Å². The van der Waals surface area contributed by atoms with Gasteiger partial charge < -0.3 is 5.73 Å². The molecule has 76 valence electrons. The maximum atomic E-state index is 11.4. The predicted octanol–water partition coefficient (Wildman–Crippen LogP) is 0.393. The van der Waals surface area contributed by atoms with Crippen LogP contribution in [-0.2, 0) is 5.54 Å². The molecule has 0 atom stereocenters. The number of carbonyl (C=O) groups is 1. The van der Waals surface area contributed by atoms with Crippen LogP contribution in [0.2, 0.25) is 0 Å². The van der Waals surface area contributed by atoms with Crippen LogP contribution in [0.15, 0.2) is 11.0 Å². The van der Waals surface area contributed by atoms with Crippen molar-refractivity contribution in [1.29, 1.82) is 0 Å². The molecule has 0 unspecified atom stereocenters. The fourth-order valence-corrected chi connectivity index (χ4v) is 1.05. The summed E-state index contributed by atoms with van der Waals surface area (Å²) < 4.78 is 1.38. The monoisotopic (exact) mass is 195 g/mol. The lowest BCUT2D eigenvalue weighted by molar-refractivity contribution is 0.112. The van der Waals surface area contributed by atoms with Gasteiger partial charge in [0.05, 0.1) is 5.56 Å². The van der Waals surface area contributed by atoms with Crippen molar-refractivity contribution in [3.63, 3.8) is 0 Å².